The summed E-state index contributed by atoms with van der Waals surface area (Å²) in [4.78, 5) is 12.9. The lowest BCUT2D eigenvalue weighted by atomic mass is 10.1. The van der Waals surface area contributed by atoms with Crippen LogP contribution in [0.1, 0.15) is 16.1 Å². The van der Waals surface area contributed by atoms with Crippen LogP contribution in [-0.4, -0.2) is 21.4 Å². The lowest BCUT2D eigenvalue weighted by Crippen LogP contribution is -2.23. The van der Waals surface area contributed by atoms with Gasteiger partial charge in [0.1, 0.15) is 22.7 Å². The molecule has 5 rings (SSSR count). The fourth-order valence-corrected chi connectivity index (χ4v) is 4.65. The Bertz CT molecular complexity index is 1590. The van der Waals surface area contributed by atoms with E-state index in [1.807, 2.05) is 30.3 Å². The van der Waals surface area contributed by atoms with E-state index < -0.39 is 15.9 Å². The molecule has 0 aliphatic carbocycles. The molecule has 0 bridgehead atoms. The first kappa shape index (κ1) is 21.7. The lowest BCUT2D eigenvalue weighted by molar-refractivity contribution is 0.102. The van der Waals surface area contributed by atoms with Crippen molar-refractivity contribution in [2.75, 3.05) is 12.4 Å². The molecule has 8 nitrogen and oxygen atoms in total. The number of benzene rings is 3. The molecule has 0 saturated heterocycles. The van der Waals surface area contributed by atoms with Crippen LogP contribution in [-0.2, 0) is 16.6 Å². The van der Waals surface area contributed by atoms with E-state index >= 15 is 0 Å². The minimum atomic E-state index is -3.76. The van der Waals surface area contributed by atoms with Gasteiger partial charge in [0.2, 0.25) is 10.0 Å². The highest BCUT2D eigenvalue weighted by atomic mass is 32.2. The molecule has 0 saturated carbocycles. The normalized spacial score (nSPS) is 11.7. The molecule has 172 valence electrons. The highest BCUT2D eigenvalue weighted by Gasteiger charge is 2.17. The number of amides is 1. The quantitative estimate of drug-likeness (QED) is 0.345. The topological polar surface area (TPSA) is 111 Å². The average Bonchev–Trinajstić information content (AvgIpc) is 3.50. The summed E-state index contributed by atoms with van der Waals surface area (Å²) in [6.45, 7) is 0.0294. The van der Waals surface area contributed by atoms with Gasteiger partial charge in [0.15, 0.2) is 0 Å². The summed E-state index contributed by atoms with van der Waals surface area (Å²) >= 11 is 0. The van der Waals surface area contributed by atoms with Crippen molar-refractivity contribution in [3.63, 3.8) is 0 Å². The van der Waals surface area contributed by atoms with Crippen LogP contribution < -0.4 is 14.8 Å². The van der Waals surface area contributed by atoms with Gasteiger partial charge in [0.25, 0.3) is 5.91 Å². The van der Waals surface area contributed by atoms with Gasteiger partial charge in [-0.15, -0.1) is 0 Å². The molecule has 3 aromatic carbocycles. The van der Waals surface area contributed by atoms with Crippen LogP contribution in [0, 0.1) is 0 Å². The molecular weight excluding hydrogens is 456 g/mol. The molecule has 34 heavy (non-hydrogen) atoms. The molecule has 0 spiro atoms. The van der Waals surface area contributed by atoms with Crippen molar-refractivity contribution < 1.29 is 26.8 Å². The standard InChI is InChI=1S/C25H20N2O6S/c1-31-24-13-20-19-6-2-3-7-22(19)33-23(20)14-21(24)27-25(28)16-8-10-18(11-9-16)34(29,30)26-15-17-5-4-12-32-17/h2-14,26H,15H2,1H3,(H,27,28). The molecule has 0 aliphatic heterocycles. The Balaban J connectivity index is 1.36. The van der Waals surface area contributed by atoms with E-state index in [9.17, 15) is 13.2 Å². The SMILES string of the molecule is COc1cc2c(cc1NC(=O)c1ccc(S(=O)(=O)NCc3ccco3)cc1)oc1ccccc12. The Kier molecular flexibility index (Phi) is 5.56. The van der Waals surface area contributed by atoms with E-state index in [4.69, 9.17) is 13.6 Å². The number of fused-ring (bicyclic) bond motifs is 3. The minimum absolute atomic E-state index is 0.0294. The molecule has 0 aliphatic rings. The molecular formula is C25H20N2O6S. The molecule has 2 N–H and O–H groups in total. The molecule has 9 heteroatoms. The Morgan fingerprint density at radius 1 is 0.941 bits per heavy atom. The van der Waals surface area contributed by atoms with Crippen molar-refractivity contribution in [3.8, 4) is 5.75 Å². The molecule has 2 heterocycles. The van der Waals surface area contributed by atoms with Crippen LogP contribution in [0.3, 0.4) is 0 Å². The second-order valence-corrected chi connectivity index (χ2v) is 9.30. The maximum atomic E-state index is 12.9. The number of carbonyl (C=O) groups is 1. The van der Waals surface area contributed by atoms with E-state index in [0.29, 0.717) is 22.8 Å². The Morgan fingerprint density at radius 2 is 1.74 bits per heavy atom. The van der Waals surface area contributed by atoms with Crippen molar-refractivity contribution in [3.05, 3.63) is 90.4 Å². The Hall–Kier alpha value is -4.08. The fraction of sp³-hybridized carbons (Fsp3) is 0.0800. The van der Waals surface area contributed by atoms with Crippen LogP contribution >= 0.6 is 0 Å². The number of anilines is 1. The van der Waals surface area contributed by atoms with E-state index in [2.05, 4.69) is 10.0 Å². The molecule has 0 fully saturated rings. The maximum Gasteiger partial charge on any atom is 0.255 e. The van der Waals surface area contributed by atoms with Gasteiger partial charge in [-0.3, -0.25) is 4.79 Å². The van der Waals surface area contributed by atoms with Gasteiger partial charge < -0.3 is 18.9 Å². The van der Waals surface area contributed by atoms with E-state index in [1.54, 1.807) is 18.2 Å². The van der Waals surface area contributed by atoms with Gasteiger partial charge in [-0.1, -0.05) is 18.2 Å². The van der Waals surface area contributed by atoms with Crippen LogP contribution in [0.5, 0.6) is 5.75 Å². The van der Waals surface area contributed by atoms with Crippen molar-refractivity contribution >= 4 is 43.6 Å². The number of ether oxygens (including phenoxy) is 1. The highest BCUT2D eigenvalue weighted by molar-refractivity contribution is 7.89. The molecule has 2 aromatic heterocycles. The van der Waals surface area contributed by atoms with Crippen LogP contribution in [0.2, 0.25) is 0 Å². The zero-order valence-corrected chi connectivity index (χ0v) is 18.9. The first-order valence-electron chi connectivity index (χ1n) is 10.4. The predicted molar refractivity (Wildman–Crippen MR) is 127 cm³/mol. The summed E-state index contributed by atoms with van der Waals surface area (Å²) in [5.74, 6) is 0.560. The van der Waals surface area contributed by atoms with Gasteiger partial charge in [-0.25, -0.2) is 13.1 Å². The monoisotopic (exact) mass is 476 g/mol. The molecule has 1 amide bonds. The van der Waals surface area contributed by atoms with E-state index in [-0.39, 0.29) is 17.0 Å². The van der Waals surface area contributed by atoms with Gasteiger partial charge >= 0.3 is 0 Å². The van der Waals surface area contributed by atoms with Crippen molar-refractivity contribution in [2.24, 2.45) is 0 Å². The summed E-state index contributed by atoms with van der Waals surface area (Å²) in [6, 6.07) is 20.2. The summed E-state index contributed by atoms with van der Waals surface area (Å²) < 4.78 is 44.0. The van der Waals surface area contributed by atoms with E-state index in [1.165, 1.54) is 37.6 Å². The van der Waals surface area contributed by atoms with Gasteiger partial charge in [0.05, 0.1) is 30.5 Å². The zero-order chi connectivity index (χ0) is 23.7. The zero-order valence-electron chi connectivity index (χ0n) is 18.1. The summed E-state index contributed by atoms with van der Waals surface area (Å²) in [7, 11) is -2.24. The number of para-hydroxylation sites is 1. The number of carbonyl (C=O) groups excluding carboxylic acids is 1. The molecule has 0 radical (unpaired) electrons. The number of rotatable bonds is 7. The van der Waals surface area contributed by atoms with Crippen LogP contribution in [0.4, 0.5) is 5.69 Å². The number of methoxy groups -OCH3 is 1. The summed E-state index contributed by atoms with van der Waals surface area (Å²) in [6.07, 6.45) is 1.47. The third-order valence-corrected chi connectivity index (χ3v) is 6.81. The van der Waals surface area contributed by atoms with Gasteiger partial charge in [-0.2, -0.15) is 0 Å². The van der Waals surface area contributed by atoms with Crippen LogP contribution in [0.15, 0.2) is 92.8 Å². The van der Waals surface area contributed by atoms with Crippen LogP contribution in [0.25, 0.3) is 21.9 Å². The van der Waals surface area contributed by atoms with Crippen molar-refractivity contribution in [1.29, 1.82) is 0 Å². The minimum Gasteiger partial charge on any atom is -0.495 e. The fourth-order valence-electron chi connectivity index (χ4n) is 3.66. The number of furan rings is 2. The first-order chi connectivity index (χ1) is 16.4. The number of hydrogen-bond donors (Lipinski definition) is 2. The Morgan fingerprint density at radius 3 is 2.47 bits per heavy atom. The number of nitrogens with one attached hydrogen (secondary N) is 2. The van der Waals surface area contributed by atoms with Crippen molar-refractivity contribution in [1.82, 2.24) is 4.72 Å². The third kappa shape index (κ3) is 4.14. The number of sulfonamides is 1. The van der Waals surface area contributed by atoms with Gasteiger partial charge in [-0.05, 0) is 48.5 Å². The smallest absolute Gasteiger partial charge is 0.255 e. The first-order valence-corrected chi connectivity index (χ1v) is 11.9. The van der Waals surface area contributed by atoms with Gasteiger partial charge in [0, 0.05) is 22.4 Å². The second kappa shape index (κ2) is 8.69. The second-order valence-electron chi connectivity index (χ2n) is 7.53. The molecule has 5 aromatic rings. The highest BCUT2D eigenvalue weighted by Crippen LogP contribution is 2.36. The largest absolute Gasteiger partial charge is 0.495 e. The molecule has 0 unspecified atom stereocenters. The Labute approximate surface area is 195 Å². The lowest BCUT2D eigenvalue weighted by Gasteiger charge is -2.11. The third-order valence-electron chi connectivity index (χ3n) is 5.39. The summed E-state index contributed by atoms with van der Waals surface area (Å²) in [5, 5.41) is 4.64. The number of hydrogen-bond acceptors (Lipinski definition) is 6. The average molecular weight is 477 g/mol. The predicted octanol–water partition coefficient (Wildman–Crippen LogP) is 4.92. The molecule has 0 atom stereocenters. The van der Waals surface area contributed by atoms with Crippen molar-refractivity contribution in [2.45, 2.75) is 11.4 Å². The maximum absolute atomic E-state index is 12.9. The van der Waals surface area contributed by atoms with E-state index in [0.717, 1.165) is 16.4 Å². The summed E-state index contributed by atoms with van der Waals surface area (Å²) in [5.41, 5.74) is 2.08.